The molecule has 0 bridgehead atoms. The molecule has 3 nitrogen and oxygen atoms in total. The number of unbranched alkanes of at least 4 members (excludes halogenated alkanes) is 6. The van der Waals surface area contributed by atoms with Crippen LogP contribution in [0.25, 0.3) is 10.8 Å². The zero-order valence-electron chi connectivity index (χ0n) is 18.4. The summed E-state index contributed by atoms with van der Waals surface area (Å²) in [7, 11) is 0. The molecule has 1 saturated heterocycles. The van der Waals surface area contributed by atoms with Crippen molar-refractivity contribution < 1.29 is 14.3 Å². The highest BCUT2D eigenvalue weighted by Crippen LogP contribution is 2.41. The van der Waals surface area contributed by atoms with Crippen LogP contribution >= 0.6 is 0 Å². The summed E-state index contributed by atoms with van der Waals surface area (Å²) in [6.07, 6.45) is 8.32. The lowest BCUT2D eigenvalue weighted by molar-refractivity contribution is 0.0954. The van der Waals surface area contributed by atoms with Gasteiger partial charge in [-0.2, -0.15) is 0 Å². The van der Waals surface area contributed by atoms with Crippen molar-refractivity contribution in [2.75, 3.05) is 6.61 Å². The number of rotatable bonds is 12. The Morgan fingerprint density at radius 2 is 1.61 bits per heavy atom. The quantitative estimate of drug-likeness (QED) is 0.177. The lowest BCUT2D eigenvalue weighted by Gasteiger charge is -2.07. The van der Waals surface area contributed by atoms with Crippen molar-refractivity contribution in [1.29, 1.82) is 0 Å². The lowest BCUT2D eigenvalue weighted by atomic mass is 10.00. The molecule has 1 aliphatic heterocycles. The standard InChI is InChI=1S/C28H32O3/c1-2-3-4-5-6-7-10-18-30-25-15-11-14-24(20-25)27-28(31-27)26(29)23-17-16-21-12-8-9-13-22(21)19-23/h8-9,11-17,19-20,27-28H,2-7,10,18H2,1H3/t27-,28-/m0/s1. The van der Waals surface area contributed by atoms with Crippen LogP contribution in [0.3, 0.4) is 0 Å². The summed E-state index contributed by atoms with van der Waals surface area (Å²) in [4.78, 5) is 12.9. The summed E-state index contributed by atoms with van der Waals surface area (Å²) in [5.41, 5.74) is 1.72. The van der Waals surface area contributed by atoms with Gasteiger partial charge in [-0.05, 0) is 41.0 Å². The third-order valence-corrected chi connectivity index (χ3v) is 5.99. The van der Waals surface area contributed by atoms with Crippen molar-refractivity contribution in [1.82, 2.24) is 0 Å². The van der Waals surface area contributed by atoms with E-state index in [4.69, 9.17) is 9.47 Å². The molecule has 0 aromatic heterocycles. The fraction of sp³-hybridized carbons (Fsp3) is 0.393. The maximum atomic E-state index is 12.9. The van der Waals surface area contributed by atoms with Crippen LogP contribution in [0.5, 0.6) is 5.75 Å². The van der Waals surface area contributed by atoms with Crippen LogP contribution < -0.4 is 4.74 Å². The maximum absolute atomic E-state index is 12.9. The van der Waals surface area contributed by atoms with E-state index in [0.29, 0.717) is 5.56 Å². The number of fused-ring (bicyclic) bond motifs is 1. The topological polar surface area (TPSA) is 38.8 Å². The number of ketones is 1. The summed E-state index contributed by atoms with van der Waals surface area (Å²) in [5.74, 6) is 0.904. The highest BCUT2D eigenvalue weighted by atomic mass is 16.6. The van der Waals surface area contributed by atoms with Crippen LogP contribution in [0.2, 0.25) is 0 Å². The van der Waals surface area contributed by atoms with E-state index < -0.39 is 6.10 Å². The second-order valence-corrected chi connectivity index (χ2v) is 8.45. The Balaban J connectivity index is 1.27. The van der Waals surface area contributed by atoms with Gasteiger partial charge in [0.25, 0.3) is 0 Å². The van der Waals surface area contributed by atoms with Crippen LogP contribution in [0, 0.1) is 0 Å². The van der Waals surface area contributed by atoms with Gasteiger partial charge < -0.3 is 9.47 Å². The monoisotopic (exact) mass is 416 g/mol. The predicted molar refractivity (Wildman–Crippen MR) is 126 cm³/mol. The Hall–Kier alpha value is -2.65. The molecular weight excluding hydrogens is 384 g/mol. The van der Waals surface area contributed by atoms with Gasteiger partial charge in [-0.15, -0.1) is 0 Å². The van der Waals surface area contributed by atoms with E-state index in [1.807, 2.05) is 60.7 Å². The number of benzene rings is 3. The van der Waals surface area contributed by atoms with E-state index in [1.54, 1.807) is 0 Å². The minimum atomic E-state index is -0.403. The van der Waals surface area contributed by atoms with Gasteiger partial charge in [-0.25, -0.2) is 0 Å². The molecule has 1 heterocycles. The van der Waals surface area contributed by atoms with Gasteiger partial charge in [0, 0.05) is 5.56 Å². The van der Waals surface area contributed by atoms with Gasteiger partial charge in [0.15, 0.2) is 11.9 Å². The highest BCUT2D eigenvalue weighted by molar-refractivity contribution is 6.04. The largest absolute Gasteiger partial charge is 0.494 e. The second-order valence-electron chi connectivity index (χ2n) is 8.45. The van der Waals surface area contributed by atoms with Crippen LogP contribution in [0.1, 0.15) is 73.9 Å². The molecule has 1 fully saturated rings. The molecule has 0 radical (unpaired) electrons. The fourth-order valence-electron chi connectivity index (χ4n) is 4.10. The summed E-state index contributed by atoms with van der Waals surface area (Å²) in [6.45, 7) is 2.98. The number of epoxide rings is 1. The first kappa shape index (κ1) is 21.6. The molecule has 4 rings (SSSR count). The van der Waals surface area contributed by atoms with Crippen LogP contribution in [0.4, 0.5) is 0 Å². The first-order valence-electron chi connectivity index (χ1n) is 11.7. The molecule has 0 N–H and O–H groups in total. The molecule has 3 heteroatoms. The molecule has 3 aromatic carbocycles. The van der Waals surface area contributed by atoms with Crippen molar-refractivity contribution in [3.05, 3.63) is 77.9 Å². The average Bonchev–Trinajstić information content (AvgIpc) is 3.61. The molecular formula is C28H32O3. The van der Waals surface area contributed by atoms with Crippen molar-refractivity contribution in [2.45, 2.75) is 64.1 Å². The third kappa shape index (κ3) is 5.74. The van der Waals surface area contributed by atoms with Gasteiger partial charge in [0.1, 0.15) is 11.9 Å². The van der Waals surface area contributed by atoms with Crippen molar-refractivity contribution >= 4 is 16.6 Å². The number of hydrogen-bond donors (Lipinski definition) is 0. The molecule has 31 heavy (non-hydrogen) atoms. The Kier molecular flexibility index (Phi) is 7.37. The van der Waals surface area contributed by atoms with Crippen LogP contribution in [-0.4, -0.2) is 18.5 Å². The molecule has 0 saturated carbocycles. The molecule has 3 aromatic rings. The number of ether oxygens (including phenoxy) is 2. The van der Waals surface area contributed by atoms with E-state index in [0.717, 1.165) is 35.1 Å². The average molecular weight is 417 g/mol. The van der Waals surface area contributed by atoms with Gasteiger partial charge in [-0.1, -0.05) is 94.0 Å². The van der Waals surface area contributed by atoms with Gasteiger partial charge >= 0.3 is 0 Å². The van der Waals surface area contributed by atoms with Crippen molar-refractivity contribution in [2.24, 2.45) is 0 Å². The normalized spacial score (nSPS) is 17.6. The van der Waals surface area contributed by atoms with Gasteiger partial charge in [0.05, 0.1) is 6.61 Å². The van der Waals surface area contributed by atoms with E-state index >= 15 is 0 Å². The van der Waals surface area contributed by atoms with Crippen LogP contribution in [0.15, 0.2) is 66.7 Å². The molecule has 0 spiro atoms. The molecule has 0 aliphatic carbocycles. The number of carbonyl (C=O) groups excluding carboxylic acids is 1. The molecule has 0 unspecified atom stereocenters. The predicted octanol–water partition coefficient (Wildman–Crippen LogP) is 7.29. The first-order valence-corrected chi connectivity index (χ1v) is 11.7. The van der Waals surface area contributed by atoms with E-state index in [9.17, 15) is 4.79 Å². The summed E-state index contributed by atoms with van der Waals surface area (Å²) in [5, 5.41) is 2.21. The zero-order valence-corrected chi connectivity index (χ0v) is 18.4. The number of Topliss-reactive ketones (excluding diaryl/α,β-unsaturated/α-hetero) is 1. The summed E-state index contributed by atoms with van der Waals surface area (Å²) >= 11 is 0. The summed E-state index contributed by atoms with van der Waals surface area (Å²) in [6, 6.07) is 21.9. The van der Waals surface area contributed by atoms with Crippen molar-refractivity contribution in [3.63, 3.8) is 0 Å². The molecule has 162 valence electrons. The Morgan fingerprint density at radius 1 is 0.839 bits per heavy atom. The SMILES string of the molecule is CCCCCCCCCOc1cccc([C@@H]2O[C@H]2C(=O)c2ccc3ccccc3c2)c1. The van der Waals surface area contributed by atoms with E-state index in [2.05, 4.69) is 13.0 Å². The van der Waals surface area contributed by atoms with Gasteiger partial charge in [-0.3, -0.25) is 4.79 Å². The Morgan fingerprint density at radius 3 is 2.45 bits per heavy atom. The zero-order chi connectivity index (χ0) is 21.5. The Labute approximate surface area is 185 Å². The van der Waals surface area contributed by atoms with Crippen molar-refractivity contribution in [3.8, 4) is 5.75 Å². The van der Waals surface area contributed by atoms with E-state index in [-0.39, 0.29) is 11.9 Å². The first-order chi connectivity index (χ1) is 15.3. The minimum absolute atomic E-state index is 0.0464. The van der Waals surface area contributed by atoms with E-state index in [1.165, 1.54) is 38.5 Å². The Bertz CT molecular complexity index is 1010. The smallest absolute Gasteiger partial charge is 0.194 e. The number of hydrogen-bond acceptors (Lipinski definition) is 3. The maximum Gasteiger partial charge on any atom is 0.194 e. The van der Waals surface area contributed by atoms with Gasteiger partial charge in [0.2, 0.25) is 0 Å². The fourth-order valence-corrected chi connectivity index (χ4v) is 4.10. The number of carbonyl (C=O) groups is 1. The second kappa shape index (κ2) is 10.6. The highest BCUT2D eigenvalue weighted by Gasteiger charge is 2.46. The third-order valence-electron chi connectivity index (χ3n) is 5.99. The molecule has 0 amide bonds. The molecule has 2 atom stereocenters. The minimum Gasteiger partial charge on any atom is -0.494 e. The van der Waals surface area contributed by atoms with Crippen LogP contribution in [-0.2, 0) is 4.74 Å². The lowest BCUT2D eigenvalue weighted by Crippen LogP contribution is -2.08. The molecule has 1 aliphatic rings. The summed E-state index contributed by atoms with van der Waals surface area (Å²) < 4.78 is 11.7.